The summed E-state index contributed by atoms with van der Waals surface area (Å²) in [6.45, 7) is 4.71. The molecule has 0 fully saturated rings. The Kier molecular flexibility index (Phi) is 4.80. The van der Waals surface area contributed by atoms with Gasteiger partial charge in [0.15, 0.2) is 0 Å². The first-order valence-electron chi connectivity index (χ1n) is 5.40. The maximum atomic E-state index is 11.6. The predicted octanol–water partition coefficient (Wildman–Crippen LogP) is 1.80. The van der Waals surface area contributed by atoms with Crippen LogP contribution in [0.4, 0.5) is 0 Å². The van der Waals surface area contributed by atoms with Gasteiger partial charge in [-0.2, -0.15) is 5.10 Å². The van der Waals surface area contributed by atoms with Gasteiger partial charge in [0.25, 0.3) is 5.91 Å². The Morgan fingerprint density at radius 2 is 2.31 bits per heavy atom. The number of hydrogen-bond donors (Lipinski definition) is 1. The van der Waals surface area contributed by atoms with Gasteiger partial charge in [0, 0.05) is 19.8 Å². The second-order valence-electron chi connectivity index (χ2n) is 4.34. The largest absolute Gasteiger partial charge is 0.350 e. The Labute approximate surface area is 101 Å². The van der Waals surface area contributed by atoms with Crippen molar-refractivity contribution in [3.8, 4) is 0 Å². The number of aryl methyl sites for hydroxylation is 1. The van der Waals surface area contributed by atoms with Crippen molar-refractivity contribution < 1.29 is 4.79 Å². The number of alkyl halides is 1. The molecule has 0 radical (unpaired) electrons. The van der Waals surface area contributed by atoms with Crippen LogP contribution in [0.15, 0.2) is 12.4 Å². The van der Waals surface area contributed by atoms with Gasteiger partial charge in [-0.3, -0.25) is 9.48 Å². The van der Waals surface area contributed by atoms with Crippen LogP contribution in [0.3, 0.4) is 0 Å². The minimum Gasteiger partial charge on any atom is -0.350 e. The lowest BCUT2D eigenvalue weighted by Gasteiger charge is -2.12. The van der Waals surface area contributed by atoms with Crippen molar-refractivity contribution in [2.24, 2.45) is 13.0 Å². The Bertz CT molecular complexity index is 349. The van der Waals surface area contributed by atoms with Gasteiger partial charge in [-0.15, -0.1) is 11.6 Å². The fraction of sp³-hybridized carbons (Fsp3) is 0.636. The quantitative estimate of drug-likeness (QED) is 0.802. The van der Waals surface area contributed by atoms with E-state index in [0.29, 0.717) is 18.0 Å². The molecule has 0 aliphatic carbocycles. The summed E-state index contributed by atoms with van der Waals surface area (Å²) in [5, 5.41) is 6.72. The van der Waals surface area contributed by atoms with Crippen LogP contribution < -0.4 is 5.32 Å². The van der Waals surface area contributed by atoms with E-state index in [9.17, 15) is 4.79 Å². The van der Waals surface area contributed by atoms with E-state index in [4.69, 9.17) is 11.6 Å². The molecule has 0 saturated carbocycles. The number of halogens is 1. The van der Waals surface area contributed by atoms with Crippen molar-refractivity contribution in [2.45, 2.75) is 25.6 Å². The zero-order valence-corrected chi connectivity index (χ0v) is 10.7. The summed E-state index contributed by atoms with van der Waals surface area (Å²) in [6.07, 6.45) is 4.12. The van der Waals surface area contributed by atoms with Crippen LogP contribution in [-0.2, 0) is 7.05 Å². The highest BCUT2D eigenvalue weighted by Gasteiger charge is 2.11. The smallest absolute Gasteiger partial charge is 0.254 e. The van der Waals surface area contributed by atoms with Crippen molar-refractivity contribution >= 4 is 17.5 Å². The SMILES string of the molecule is CC(C)CC(Cl)CNC(=O)c1cnn(C)c1. The lowest BCUT2D eigenvalue weighted by Crippen LogP contribution is -2.30. The number of nitrogens with one attached hydrogen (secondary N) is 1. The summed E-state index contributed by atoms with van der Waals surface area (Å²) in [5.41, 5.74) is 0.566. The van der Waals surface area contributed by atoms with Crippen LogP contribution in [-0.4, -0.2) is 27.6 Å². The zero-order chi connectivity index (χ0) is 12.1. The van der Waals surface area contributed by atoms with Crippen LogP contribution in [0.25, 0.3) is 0 Å². The third kappa shape index (κ3) is 4.23. The van der Waals surface area contributed by atoms with Gasteiger partial charge >= 0.3 is 0 Å². The maximum Gasteiger partial charge on any atom is 0.254 e. The molecule has 0 spiro atoms. The molecule has 5 heteroatoms. The van der Waals surface area contributed by atoms with E-state index in [2.05, 4.69) is 24.3 Å². The third-order valence-corrected chi connectivity index (χ3v) is 2.51. The number of amides is 1. The highest BCUT2D eigenvalue weighted by Crippen LogP contribution is 2.09. The van der Waals surface area contributed by atoms with E-state index in [1.54, 1.807) is 24.1 Å². The first kappa shape index (κ1) is 13.0. The minimum atomic E-state index is -0.123. The second-order valence-corrected chi connectivity index (χ2v) is 4.96. The average Bonchev–Trinajstić information content (AvgIpc) is 2.60. The number of aromatic nitrogens is 2. The zero-order valence-electron chi connectivity index (χ0n) is 9.90. The lowest BCUT2D eigenvalue weighted by molar-refractivity contribution is 0.0953. The van der Waals surface area contributed by atoms with Crippen molar-refractivity contribution in [3.05, 3.63) is 18.0 Å². The van der Waals surface area contributed by atoms with Crippen molar-refractivity contribution in [1.82, 2.24) is 15.1 Å². The fourth-order valence-electron chi connectivity index (χ4n) is 1.44. The van der Waals surface area contributed by atoms with Crippen LogP contribution in [0.5, 0.6) is 0 Å². The highest BCUT2D eigenvalue weighted by molar-refractivity contribution is 6.20. The summed E-state index contributed by atoms with van der Waals surface area (Å²) in [6, 6.07) is 0. The molecule has 1 rings (SSSR count). The van der Waals surface area contributed by atoms with E-state index < -0.39 is 0 Å². The number of carbonyl (C=O) groups excluding carboxylic acids is 1. The maximum absolute atomic E-state index is 11.6. The first-order valence-corrected chi connectivity index (χ1v) is 5.83. The molecule has 0 aliphatic heterocycles. The summed E-state index contributed by atoms with van der Waals surface area (Å²) < 4.78 is 1.60. The molecule has 16 heavy (non-hydrogen) atoms. The Balaban J connectivity index is 2.35. The minimum absolute atomic E-state index is 0.0133. The molecule has 1 heterocycles. The molecule has 0 bridgehead atoms. The molecule has 0 aromatic carbocycles. The molecule has 1 aromatic rings. The molecular formula is C11H18ClN3O. The van der Waals surface area contributed by atoms with Crippen LogP contribution >= 0.6 is 11.6 Å². The molecule has 0 aliphatic rings. The molecule has 0 saturated heterocycles. The Morgan fingerprint density at radius 3 is 2.81 bits per heavy atom. The van der Waals surface area contributed by atoms with Gasteiger partial charge < -0.3 is 5.32 Å². The summed E-state index contributed by atoms with van der Waals surface area (Å²) in [7, 11) is 1.78. The van der Waals surface area contributed by atoms with E-state index in [1.165, 1.54) is 0 Å². The molecule has 90 valence electrons. The number of carbonyl (C=O) groups is 1. The first-order chi connectivity index (χ1) is 7.49. The van der Waals surface area contributed by atoms with E-state index >= 15 is 0 Å². The standard InChI is InChI=1S/C11H18ClN3O/c1-8(2)4-10(12)6-13-11(16)9-5-14-15(3)7-9/h5,7-8,10H,4,6H2,1-3H3,(H,13,16). The van der Waals surface area contributed by atoms with Gasteiger partial charge in [0.1, 0.15) is 0 Å². The van der Waals surface area contributed by atoms with Crippen LogP contribution in [0, 0.1) is 5.92 Å². The highest BCUT2D eigenvalue weighted by atomic mass is 35.5. The Hall–Kier alpha value is -1.03. The summed E-state index contributed by atoms with van der Waals surface area (Å²) >= 11 is 6.08. The molecule has 4 nitrogen and oxygen atoms in total. The van der Waals surface area contributed by atoms with Gasteiger partial charge in [-0.1, -0.05) is 13.8 Å². The van der Waals surface area contributed by atoms with E-state index in [0.717, 1.165) is 6.42 Å². The molecule has 1 N–H and O–H groups in total. The lowest BCUT2D eigenvalue weighted by atomic mass is 10.1. The van der Waals surface area contributed by atoms with Gasteiger partial charge in [0.2, 0.25) is 0 Å². The van der Waals surface area contributed by atoms with E-state index in [1.807, 2.05) is 0 Å². The van der Waals surface area contributed by atoms with Crippen molar-refractivity contribution in [1.29, 1.82) is 0 Å². The van der Waals surface area contributed by atoms with Gasteiger partial charge in [-0.05, 0) is 12.3 Å². The van der Waals surface area contributed by atoms with Crippen LogP contribution in [0.2, 0.25) is 0 Å². The number of hydrogen-bond acceptors (Lipinski definition) is 2. The monoisotopic (exact) mass is 243 g/mol. The normalized spacial score (nSPS) is 12.8. The summed E-state index contributed by atoms with van der Waals surface area (Å²) in [4.78, 5) is 11.6. The molecule has 1 atom stereocenters. The number of rotatable bonds is 5. The molecule has 1 unspecified atom stereocenters. The topological polar surface area (TPSA) is 46.9 Å². The van der Waals surface area contributed by atoms with Gasteiger partial charge in [-0.25, -0.2) is 0 Å². The number of nitrogens with zero attached hydrogens (tertiary/aromatic N) is 2. The van der Waals surface area contributed by atoms with Gasteiger partial charge in [0.05, 0.1) is 17.1 Å². The van der Waals surface area contributed by atoms with Crippen LogP contribution in [0.1, 0.15) is 30.6 Å². The molecule has 1 amide bonds. The second kappa shape index (κ2) is 5.89. The molecular weight excluding hydrogens is 226 g/mol. The van der Waals surface area contributed by atoms with Crippen molar-refractivity contribution in [3.63, 3.8) is 0 Å². The Morgan fingerprint density at radius 1 is 1.62 bits per heavy atom. The molecule has 1 aromatic heterocycles. The predicted molar refractivity (Wildman–Crippen MR) is 64.6 cm³/mol. The van der Waals surface area contributed by atoms with E-state index in [-0.39, 0.29) is 11.3 Å². The fourth-order valence-corrected chi connectivity index (χ4v) is 1.87. The third-order valence-electron chi connectivity index (χ3n) is 2.18. The average molecular weight is 244 g/mol. The summed E-state index contributed by atoms with van der Waals surface area (Å²) in [5.74, 6) is 0.417. The van der Waals surface area contributed by atoms with Crippen molar-refractivity contribution in [2.75, 3.05) is 6.54 Å².